The topological polar surface area (TPSA) is 65.5 Å². The number of ether oxygens (including phenoxy) is 2. The Labute approximate surface area is 207 Å². The number of aromatic nitrogens is 1. The smallest absolute Gasteiger partial charge is 0.434 e. The zero-order chi connectivity index (χ0) is 24.7. The second-order valence-electron chi connectivity index (χ2n) is 8.76. The summed E-state index contributed by atoms with van der Waals surface area (Å²) < 4.78 is 10.7. The number of pyridine rings is 1. The number of rotatable bonds is 9. The highest BCUT2D eigenvalue weighted by Gasteiger charge is 2.33. The van der Waals surface area contributed by atoms with Gasteiger partial charge in [0.2, 0.25) is 0 Å². The van der Waals surface area contributed by atoms with Crippen molar-refractivity contribution in [1.82, 2.24) is 4.98 Å². The summed E-state index contributed by atoms with van der Waals surface area (Å²) in [5, 5.41) is 0.979. The van der Waals surface area contributed by atoms with Crippen LogP contribution >= 0.6 is 11.8 Å². The van der Waals surface area contributed by atoms with Gasteiger partial charge in [-0.05, 0) is 80.0 Å². The summed E-state index contributed by atoms with van der Waals surface area (Å²) in [6.07, 6.45) is 4.56. The van der Waals surface area contributed by atoms with E-state index >= 15 is 0 Å². The summed E-state index contributed by atoms with van der Waals surface area (Å²) in [7, 11) is 0. The van der Waals surface area contributed by atoms with Gasteiger partial charge >= 0.3 is 6.16 Å². The van der Waals surface area contributed by atoms with E-state index in [0.29, 0.717) is 24.2 Å². The number of hydrogen-bond donors (Lipinski definition) is 0. The van der Waals surface area contributed by atoms with Gasteiger partial charge in [-0.1, -0.05) is 37.6 Å². The zero-order valence-electron chi connectivity index (χ0n) is 20.9. The number of benzene rings is 1. The van der Waals surface area contributed by atoms with Gasteiger partial charge in [-0.2, -0.15) is 0 Å². The standard InChI is InChI=1S/C28H35NO4S/c1-6-21-13-19(5)14-22(7-2)26(21)27-23(30)15-20(16-24(27)33-28(31)32-8-3)11-12-34-25-10-9-18(4)17-29-25/h9-10,13-14,17,20H,6-8,11-12,15-16H2,1-5H3. The molecule has 0 bridgehead atoms. The lowest BCUT2D eigenvalue weighted by Crippen LogP contribution is -2.23. The Morgan fingerprint density at radius 1 is 1.06 bits per heavy atom. The highest BCUT2D eigenvalue weighted by molar-refractivity contribution is 7.99. The highest BCUT2D eigenvalue weighted by atomic mass is 32.2. The van der Waals surface area contributed by atoms with Crippen molar-refractivity contribution in [1.29, 1.82) is 0 Å². The SMILES string of the molecule is CCOC(=O)OC1=C(c2c(CC)cc(C)cc2CC)C(=O)CC(CCSc2ccc(C)cn2)C1. The lowest BCUT2D eigenvalue weighted by molar-refractivity contribution is -0.115. The first kappa shape index (κ1) is 26.0. The van der Waals surface area contributed by atoms with Crippen molar-refractivity contribution < 1.29 is 19.1 Å². The van der Waals surface area contributed by atoms with Gasteiger partial charge in [0.1, 0.15) is 5.76 Å². The first-order valence-electron chi connectivity index (χ1n) is 12.1. The van der Waals surface area contributed by atoms with Gasteiger partial charge in [-0.3, -0.25) is 4.79 Å². The summed E-state index contributed by atoms with van der Waals surface area (Å²) in [5.74, 6) is 1.45. The van der Waals surface area contributed by atoms with Crippen molar-refractivity contribution in [2.75, 3.05) is 12.4 Å². The molecule has 1 atom stereocenters. The summed E-state index contributed by atoms with van der Waals surface area (Å²) in [6.45, 7) is 10.3. The fraction of sp³-hybridized carbons (Fsp3) is 0.464. The number of carbonyl (C=O) groups is 2. The molecule has 1 aromatic heterocycles. The van der Waals surface area contributed by atoms with Gasteiger partial charge in [-0.15, -0.1) is 11.8 Å². The number of aryl methyl sites for hydroxylation is 4. The van der Waals surface area contributed by atoms with Crippen molar-refractivity contribution >= 4 is 29.3 Å². The number of hydrogen-bond acceptors (Lipinski definition) is 6. The molecule has 0 fully saturated rings. The van der Waals surface area contributed by atoms with Crippen LogP contribution in [0.5, 0.6) is 0 Å². The normalized spacial score (nSPS) is 16.0. The van der Waals surface area contributed by atoms with Crippen LogP contribution < -0.4 is 0 Å². The van der Waals surface area contributed by atoms with E-state index in [4.69, 9.17) is 9.47 Å². The van der Waals surface area contributed by atoms with Crippen LogP contribution in [0.1, 0.15) is 67.9 Å². The molecule has 6 heteroatoms. The molecule has 2 aromatic rings. The molecule has 1 aromatic carbocycles. The van der Waals surface area contributed by atoms with Gasteiger partial charge < -0.3 is 9.47 Å². The van der Waals surface area contributed by atoms with E-state index in [1.54, 1.807) is 18.7 Å². The molecule has 0 aliphatic heterocycles. The second-order valence-corrected chi connectivity index (χ2v) is 9.87. The van der Waals surface area contributed by atoms with Crippen LogP contribution in [-0.2, 0) is 27.1 Å². The van der Waals surface area contributed by atoms with Crippen LogP contribution in [0.3, 0.4) is 0 Å². The molecule has 5 nitrogen and oxygen atoms in total. The predicted octanol–water partition coefficient (Wildman–Crippen LogP) is 6.87. The maximum atomic E-state index is 13.5. The van der Waals surface area contributed by atoms with E-state index in [1.165, 1.54) is 5.56 Å². The minimum Gasteiger partial charge on any atom is -0.434 e. The summed E-state index contributed by atoms with van der Waals surface area (Å²) >= 11 is 1.69. The Bertz CT molecular complexity index is 1030. The number of allylic oxidation sites excluding steroid dienone is 2. The van der Waals surface area contributed by atoms with Crippen LogP contribution in [0.2, 0.25) is 0 Å². The molecule has 0 spiro atoms. The first-order chi connectivity index (χ1) is 16.4. The van der Waals surface area contributed by atoms with Crippen molar-refractivity contribution in [3.63, 3.8) is 0 Å². The molecule has 0 N–H and O–H groups in total. The number of nitrogens with zero attached hydrogens (tertiary/aromatic N) is 1. The Kier molecular flexibility index (Phi) is 9.34. The van der Waals surface area contributed by atoms with E-state index in [9.17, 15) is 9.59 Å². The van der Waals surface area contributed by atoms with Crippen LogP contribution in [0.25, 0.3) is 5.57 Å². The molecule has 0 saturated carbocycles. The summed E-state index contributed by atoms with van der Waals surface area (Å²) in [5.41, 5.74) is 6.04. The van der Waals surface area contributed by atoms with Crippen LogP contribution in [-0.4, -0.2) is 29.3 Å². The molecule has 0 saturated heterocycles. The van der Waals surface area contributed by atoms with Crippen molar-refractivity contribution in [2.45, 2.75) is 71.7 Å². The number of carbonyl (C=O) groups excluding carboxylic acids is 2. The molecule has 3 rings (SSSR count). The number of thioether (sulfide) groups is 1. The molecule has 1 aliphatic rings. The molecule has 0 radical (unpaired) electrons. The summed E-state index contributed by atoms with van der Waals surface area (Å²) in [4.78, 5) is 30.3. The highest BCUT2D eigenvalue weighted by Crippen LogP contribution is 2.39. The van der Waals surface area contributed by atoms with E-state index in [2.05, 4.69) is 44.0 Å². The Morgan fingerprint density at radius 3 is 2.35 bits per heavy atom. The van der Waals surface area contributed by atoms with Gasteiger partial charge in [0, 0.05) is 19.0 Å². The van der Waals surface area contributed by atoms with Crippen molar-refractivity contribution in [3.8, 4) is 0 Å². The van der Waals surface area contributed by atoms with E-state index in [-0.39, 0.29) is 18.3 Å². The largest absolute Gasteiger partial charge is 0.513 e. The Balaban J connectivity index is 1.89. The van der Waals surface area contributed by atoms with E-state index < -0.39 is 6.16 Å². The van der Waals surface area contributed by atoms with Crippen LogP contribution in [0.15, 0.2) is 41.2 Å². The first-order valence-corrected chi connectivity index (χ1v) is 13.1. The second kappa shape index (κ2) is 12.2. The lowest BCUT2D eigenvalue weighted by atomic mass is 9.79. The average Bonchev–Trinajstić information content (AvgIpc) is 2.80. The molecule has 182 valence electrons. The van der Waals surface area contributed by atoms with Gasteiger partial charge in [0.05, 0.1) is 17.2 Å². The van der Waals surface area contributed by atoms with Crippen LogP contribution in [0.4, 0.5) is 4.79 Å². The van der Waals surface area contributed by atoms with E-state index in [1.807, 2.05) is 19.2 Å². The third kappa shape index (κ3) is 6.50. The molecule has 34 heavy (non-hydrogen) atoms. The van der Waals surface area contributed by atoms with Crippen LogP contribution in [0, 0.1) is 19.8 Å². The zero-order valence-corrected chi connectivity index (χ0v) is 21.7. The minimum absolute atomic E-state index is 0.0438. The van der Waals surface area contributed by atoms with Crippen molar-refractivity contribution in [3.05, 3.63) is 64.0 Å². The van der Waals surface area contributed by atoms with Gasteiger partial charge in [0.25, 0.3) is 0 Å². The molecule has 1 unspecified atom stereocenters. The molecular weight excluding hydrogens is 446 g/mol. The fourth-order valence-electron chi connectivity index (χ4n) is 4.47. The molecule has 1 heterocycles. The third-order valence-electron chi connectivity index (χ3n) is 6.09. The monoisotopic (exact) mass is 481 g/mol. The average molecular weight is 482 g/mol. The van der Waals surface area contributed by atoms with Gasteiger partial charge in [-0.25, -0.2) is 9.78 Å². The number of Topliss-reactive ketones (excluding diaryl/α,β-unsaturated/α-hetero) is 1. The number of ketones is 1. The predicted molar refractivity (Wildman–Crippen MR) is 137 cm³/mol. The molecular formula is C28H35NO4S. The maximum Gasteiger partial charge on any atom is 0.513 e. The third-order valence-corrected chi connectivity index (χ3v) is 7.07. The Hall–Kier alpha value is -2.60. The van der Waals surface area contributed by atoms with Crippen molar-refractivity contribution in [2.24, 2.45) is 5.92 Å². The molecule has 1 aliphatic carbocycles. The lowest BCUT2D eigenvalue weighted by Gasteiger charge is -2.28. The fourth-order valence-corrected chi connectivity index (χ4v) is 5.42. The summed E-state index contributed by atoms with van der Waals surface area (Å²) in [6, 6.07) is 8.34. The maximum absolute atomic E-state index is 13.5. The Morgan fingerprint density at radius 2 is 1.76 bits per heavy atom. The van der Waals surface area contributed by atoms with E-state index in [0.717, 1.165) is 52.3 Å². The minimum atomic E-state index is -0.745. The quantitative estimate of drug-likeness (QED) is 0.288. The molecule has 0 amide bonds. The van der Waals surface area contributed by atoms with Gasteiger partial charge in [0.15, 0.2) is 5.78 Å².